The van der Waals surface area contributed by atoms with Gasteiger partial charge in [-0.05, 0) is 30.0 Å². The molecule has 3 nitrogen and oxygen atoms in total. The van der Waals surface area contributed by atoms with Gasteiger partial charge in [-0.3, -0.25) is 9.88 Å². The number of rotatable bonds is 5. The molecule has 2 heterocycles. The normalized spacial score (nSPS) is 22.5. The molecule has 0 amide bonds. The quantitative estimate of drug-likeness (QED) is 0.843. The van der Waals surface area contributed by atoms with Gasteiger partial charge in [0.1, 0.15) is 0 Å². The molecule has 1 aliphatic heterocycles. The summed E-state index contributed by atoms with van der Waals surface area (Å²) in [5.74, 6) is 0. The van der Waals surface area contributed by atoms with Crippen LogP contribution in [-0.4, -0.2) is 35.7 Å². The Morgan fingerprint density at radius 2 is 1.95 bits per heavy atom. The van der Waals surface area contributed by atoms with Gasteiger partial charge >= 0.3 is 0 Å². The first-order chi connectivity index (χ1) is 10.4. The van der Waals surface area contributed by atoms with Gasteiger partial charge in [0, 0.05) is 38.6 Å². The van der Waals surface area contributed by atoms with Gasteiger partial charge in [0.15, 0.2) is 0 Å². The molecule has 110 valence electrons. The summed E-state index contributed by atoms with van der Waals surface area (Å²) in [6.07, 6.45) is 6.25. The van der Waals surface area contributed by atoms with Crippen LogP contribution in [0.2, 0.25) is 0 Å². The van der Waals surface area contributed by atoms with Crippen LogP contribution in [0.15, 0.2) is 54.9 Å². The summed E-state index contributed by atoms with van der Waals surface area (Å²) in [5.41, 5.74) is 2.65. The van der Waals surface area contributed by atoms with E-state index in [1.807, 2.05) is 25.6 Å². The first-order valence-corrected chi connectivity index (χ1v) is 7.56. The van der Waals surface area contributed by atoms with Gasteiger partial charge < -0.3 is 4.74 Å². The van der Waals surface area contributed by atoms with E-state index < -0.39 is 0 Å². The minimum absolute atomic E-state index is 0.321. The highest BCUT2D eigenvalue weighted by Crippen LogP contribution is 2.25. The van der Waals surface area contributed by atoms with E-state index in [0.717, 1.165) is 25.9 Å². The van der Waals surface area contributed by atoms with Crippen LogP contribution in [0.1, 0.15) is 17.5 Å². The second-order valence-electron chi connectivity index (χ2n) is 5.65. The van der Waals surface area contributed by atoms with Crippen molar-refractivity contribution >= 4 is 0 Å². The number of hydrogen-bond acceptors (Lipinski definition) is 3. The molecule has 0 unspecified atom stereocenters. The Morgan fingerprint density at radius 3 is 2.67 bits per heavy atom. The number of nitrogens with zero attached hydrogens (tertiary/aromatic N) is 2. The van der Waals surface area contributed by atoms with E-state index >= 15 is 0 Å². The monoisotopic (exact) mass is 282 g/mol. The van der Waals surface area contributed by atoms with E-state index in [1.54, 1.807) is 0 Å². The predicted molar refractivity (Wildman–Crippen MR) is 84.0 cm³/mol. The van der Waals surface area contributed by atoms with Crippen LogP contribution in [-0.2, 0) is 17.7 Å². The summed E-state index contributed by atoms with van der Waals surface area (Å²) < 4.78 is 5.71. The molecule has 0 bridgehead atoms. The largest absolute Gasteiger partial charge is 0.380 e. The van der Waals surface area contributed by atoms with E-state index in [1.165, 1.54) is 11.1 Å². The lowest BCUT2D eigenvalue weighted by atomic mass is 10.0. The maximum atomic E-state index is 5.71. The van der Waals surface area contributed by atoms with Gasteiger partial charge in [-0.1, -0.05) is 36.4 Å². The van der Waals surface area contributed by atoms with Gasteiger partial charge in [0.05, 0.1) is 6.10 Å². The molecule has 0 spiro atoms. The van der Waals surface area contributed by atoms with Gasteiger partial charge in [-0.15, -0.1) is 0 Å². The summed E-state index contributed by atoms with van der Waals surface area (Å²) in [6.45, 7) is 2.04. The fourth-order valence-electron chi connectivity index (χ4n) is 3.20. The molecule has 0 saturated carbocycles. The molecule has 1 fully saturated rings. The van der Waals surface area contributed by atoms with Crippen molar-refractivity contribution in [2.75, 3.05) is 13.7 Å². The number of pyridine rings is 1. The molecule has 1 aromatic carbocycles. The van der Waals surface area contributed by atoms with E-state index in [2.05, 4.69) is 46.3 Å². The first kappa shape index (κ1) is 14.2. The predicted octanol–water partition coefficient (Wildman–Crippen LogP) is 2.91. The van der Waals surface area contributed by atoms with Gasteiger partial charge in [-0.2, -0.15) is 0 Å². The molecular weight excluding hydrogens is 260 g/mol. The van der Waals surface area contributed by atoms with Crippen LogP contribution < -0.4 is 0 Å². The van der Waals surface area contributed by atoms with Crippen molar-refractivity contribution in [3.63, 3.8) is 0 Å². The molecule has 3 heteroatoms. The second-order valence-corrected chi connectivity index (χ2v) is 5.65. The minimum atomic E-state index is 0.321. The van der Waals surface area contributed by atoms with Gasteiger partial charge in [-0.25, -0.2) is 0 Å². The molecule has 0 radical (unpaired) electrons. The van der Waals surface area contributed by atoms with Crippen LogP contribution >= 0.6 is 0 Å². The third kappa shape index (κ3) is 3.49. The lowest BCUT2D eigenvalue weighted by Gasteiger charge is -2.27. The van der Waals surface area contributed by atoms with Crippen molar-refractivity contribution in [3.8, 4) is 0 Å². The van der Waals surface area contributed by atoms with E-state index in [4.69, 9.17) is 4.74 Å². The summed E-state index contributed by atoms with van der Waals surface area (Å²) in [7, 11) is 1.83. The number of likely N-dealkylation sites (tertiary alicyclic amines) is 1. The maximum Gasteiger partial charge on any atom is 0.0742 e. The van der Waals surface area contributed by atoms with Crippen LogP contribution in [0.3, 0.4) is 0 Å². The minimum Gasteiger partial charge on any atom is -0.380 e. The lowest BCUT2D eigenvalue weighted by molar-refractivity contribution is 0.0638. The Labute approximate surface area is 126 Å². The van der Waals surface area contributed by atoms with Crippen molar-refractivity contribution in [1.29, 1.82) is 0 Å². The van der Waals surface area contributed by atoms with Crippen LogP contribution in [0.5, 0.6) is 0 Å². The zero-order chi connectivity index (χ0) is 14.5. The van der Waals surface area contributed by atoms with E-state index in [9.17, 15) is 0 Å². The third-order valence-electron chi connectivity index (χ3n) is 4.30. The summed E-state index contributed by atoms with van der Waals surface area (Å²) in [4.78, 5) is 6.74. The highest BCUT2D eigenvalue weighted by molar-refractivity contribution is 5.17. The third-order valence-corrected chi connectivity index (χ3v) is 4.30. The summed E-state index contributed by atoms with van der Waals surface area (Å²) >= 11 is 0. The van der Waals surface area contributed by atoms with E-state index in [-0.39, 0.29) is 0 Å². The van der Waals surface area contributed by atoms with Crippen LogP contribution in [0, 0.1) is 0 Å². The number of benzene rings is 1. The Bertz CT molecular complexity index is 544. The summed E-state index contributed by atoms with van der Waals surface area (Å²) in [6, 6.07) is 15.3. The molecule has 3 rings (SSSR count). The second kappa shape index (κ2) is 6.83. The Hall–Kier alpha value is -1.71. The highest BCUT2D eigenvalue weighted by atomic mass is 16.5. The molecule has 0 aliphatic carbocycles. The number of methoxy groups -OCH3 is 1. The first-order valence-electron chi connectivity index (χ1n) is 7.56. The van der Waals surface area contributed by atoms with Gasteiger partial charge in [0.25, 0.3) is 0 Å². The standard InChI is InChI=1S/C18H22N2O/c1-21-18-9-11-20(14-16-8-5-10-19-13-16)17(18)12-15-6-3-2-4-7-15/h2-8,10,13,17-18H,9,11-12,14H2,1H3/t17-,18+/m0/s1. The Kier molecular flexibility index (Phi) is 4.63. The maximum absolute atomic E-state index is 5.71. The molecule has 1 aliphatic rings. The van der Waals surface area contributed by atoms with Crippen molar-refractivity contribution in [1.82, 2.24) is 9.88 Å². The number of aromatic nitrogens is 1. The molecule has 2 aromatic rings. The average Bonchev–Trinajstić information content (AvgIpc) is 2.91. The number of ether oxygens (including phenoxy) is 1. The average molecular weight is 282 g/mol. The van der Waals surface area contributed by atoms with Gasteiger partial charge in [0.2, 0.25) is 0 Å². The van der Waals surface area contributed by atoms with E-state index in [0.29, 0.717) is 12.1 Å². The SMILES string of the molecule is CO[C@@H]1CCN(Cc2cccnc2)[C@H]1Cc1ccccc1. The molecule has 1 saturated heterocycles. The zero-order valence-corrected chi connectivity index (χ0v) is 12.5. The fourth-order valence-corrected chi connectivity index (χ4v) is 3.20. The molecule has 1 aromatic heterocycles. The number of hydrogen-bond donors (Lipinski definition) is 0. The zero-order valence-electron chi connectivity index (χ0n) is 12.5. The Morgan fingerprint density at radius 1 is 1.14 bits per heavy atom. The molecule has 0 N–H and O–H groups in total. The Balaban J connectivity index is 1.73. The molecule has 21 heavy (non-hydrogen) atoms. The summed E-state index contributed by atoms with van der Waals surface area (Å²) in [5, 5.41) is 0. The lowest BCUT2D eigenvalue weighted by Crippen LogP contribution is -2.37. The highest BCUT2D eigenvalue weighted by Gasteiger charge is 2.34. The topological polar surface area (TPSA) is 25.4 Å². The van der Waals surface area contributed by atoms with Crippen molar-refractivity contribution in [3.05, 3.63) is 66.0 Å². The molecular formula is C18H22N2O. The van der Waals surface area contributed by atoms with Crippen LogP contribution in [0.4, 0.5) is 0 Å². The van der Waals surface area contributed by atoms with Crippen molar-refractivity contribution in [2.45, 2.75) is 31.5 Å². The smallest absolute Gasteiger partial charge is 0.0742 e. The van der Waals surface area contributed by atoms with Crippen molar-refractivity contribution in [2.24, 2.45) is 0 Å². The fraction of sp³-hybridized carbons (Fsp3) is 0.389. The van der Waals surface area contributed by atoms with Crippen molar-refractivity contribution < 1.29 is 4.74 Å². The van der Waals surface area contributed by atoms with Crippen LogP contribution in [0.25, 0.3) is 0 Å². The molecule has 2 atom stereocenters.